The first-order valence-electron chi connectivity index (χ1n) is 13.3. The van der Waals surface area contributed by atoms with E-state index >= 15 is 0 Å². The van der Waals surface area contributed by atoms with E-state index in [-0.39, 0.29) is 0 Å². The number of piperidine rings is 1. The number of hydrogen-bond acceptors (Lipinski definition) is 7. The molecule has 3 aromatic rings. The Kier molecular flexibility index (Phi) is 6.61. The quantitative estimate of drug-likeness (QED) is 0.551. The van der Waals surface area contributed by atoms with Crippen LogP contribution in [0, 0.1) is 11.8 Å². The number of benzene rings is 1. The normalized spacial score (nSPS) is 27.3. The van der Waals surface area contributed by atoms with E-state index in [1.54, 1.807) is 0 Å². The number of pyridine rings is 1. The van der Waals surface area contributed by atoms with Gasteiger partial charge >= 0.3 is 0 Å². The number of nitrogens with one attached hydrogen (secondary N) is 1. The molecule has 2 saturated heterocycles. The Morgan fingerprint density at radius 3 is 2.89 bits per heavy atom. The Labute approximate surface area is 207 Å². The first kappa shape index (κ1) is 22.8. The molecule has 1 aromatic carbocycles. The number of rotatable bonds is 7. The number of ether oxygens (including phenoxy) is 1. The van der Waals surface area contributed by atoms with Gasteiger partial charge in [0.05, 0.1) is 12.0 Å². The zero-order chi connectivity index (χ0) is 23.6. The summed E-state index contributed by atoms with van der Waals surface area (Å²) in [6.07, 6.45) is 9.46. The predicted molar refractivity (Wildman–Crippen MR) is 138 cm³/mol. The number of fused-ring (bicyclic) bond motifs is 2. The van der Waals surface area contributed by atoms with E-state index in [9.17, 15) is 0 Å². The van der Waals surface area contributed by atoms with Crippen LogP contribution in [0.25, 0.3) is 11.0 Å². The van der Waals surface area contributed by atoms with Crippen LogP contribution in [0.3, 0.4) is 0 Å². The van der Waals surface area contributed by atoms with Crippen LogP contribution in [0.1, 0.15) is 37.7 Å². The molecule has 4 unspecified atom stereocenters. The third-order valence-electron chi connectivity index (χ3n) is 8.46. The average molecular weight is 476 g/mol. The number of piperazine rings is 1. The minimum atomic E-state index is 0.557. The molecule has 6 rings (SSSR count). The second kappa shape index (κ2) is 10.2. The van der Waals surface area contributed by atoms with E-state index in [1.165, 1.54) is 37.7 Å². The topological polar surface area (TPSA) is 66.7 Å². The summed E-state index contributed by atoms with van der Waals surface area (Å²) in [4.78, 5) is 9.67. The maximum absolute atomic E-state index is 6.14. The second-order valence-electron chi connectivity index (χ2n) is 10.6. The van der Waals surface area contributed by atoms with Crippen molar-refractivity contribution in [1.29, 1.82) is 0 Å². The van der Waals surface area contributed by atoms with Gasteiger partial charge in [0.25, 0.3) is 0 Å². The standard InChI is InChI=1S/C28H37N5O2/c1-29-25-7-4-5-22(25)15-20-10-12-27(30-16-20)34-19-21-9-11-23-18-33(14-13-32(23)17-21)28-24-6-2-3-8-26(24)35-31-28/h2-3,6,8,10,12,16,21-23,25,29H,4-5,7,9,11,13-15,17-19H2,1H3. The van der Waals surface area contributed by atoms with Gasteiger partial charge in [0.1, 0.15) is 0 Å². The molecule has 2 aromatic heterocycles. The van der Waals surface area contributed by atoms with Gasteiger partial charge in [-0.25, -0.2) is 4.98 Å². The van der Waals surface area contributed by atoms with E-state index in [4.69, 9.17) is 9.26 Å². The van der Waals surface area contributed by atoms with Gasteiger partial charge in [0.2, 0.25) is 5.88 Å². The highest BCUT2D eigenvalue weighted by Gasteiger charge is 2.34. The lowest BCUT2D eigenvalue weighted by Gasteiger charge is -2.46. The summed E-state index contributed by atoms with van der Waals surface area (Å²) in [5.41, 5.74) is 2.19. The molecule has 2 aliphatic heterocycles. The molecule has 1 saturated carbocycles. The molecule has 7 heteroatoms. The molecule has 0 spiro atoms. The molecular formula is C28H37N5O2. The smallest absolute Gasteiger partial charge is 0.213 e. The van der Waals surface area contributed by atoms with Crippen molar-refractivity contribution in [2.24, 2.45) is 11.8 Å². The van der Waals surface area contributed by atoms with Crippen LogP contribution < -0.4 is 15.0 Å². The number of hydrogen-bond donors (Lipinski definition) is 1. The highest BCUT2D eigenvalue weighted by Crippen LogP contribution is 2.32. The zero-order valence-electron chi connectivity index (χ0n) is 20.7. The third-order valence-corrected chi connectivity index (χ3v) is 8.46. The third kappa shape index (κ3) is 4.89. The van der Waals surface area contributed by atoms with Crippen molar-refractivity contribution in [1.82, 2.24) is 20.4 Å². The largest absolute Gasteiger partial charge is 0.477 e. The average Bonchev–Trinajstić information content (AvgIpc) is 3.54. The Bertz CT molecular complexity index is 1120. The van der Waals surface area contributed by atoms with E-state index in [0.29, 0.717) is 18.0 Å². The molecular weight excluding hydrogens is 438 g/mol. The summed E-state index contributed by atoms with van der Waals surface area (Å²) in [6.45, 7) is 4.91. The van der Waals surface area contributed by atoms with Crippen LogP contribution in [0.5, 0.6) is 5.88 Å². The summed E-state index contributed by atoms with van der Waals surface area (Å²) in [5, 5.41) is 8.98. The number of aromatic nitrogens is 2. The van der Waals surface area contributed by atoms with Crippen molar-refractivity contribution in [3.05, 3.63) is 48.2 Å². The van der Waals surface area contributed by atoms with E-state index in [2.05, 4.69) is 56.6 Å². The van der Waals surface area contributed by atoms with Gasteiger partial charge in [0, 0.05) is 56.4 Å². The molecule has 4 heterocycles. The molecule has 0 amide bonds. The minimum absolute atomic E-state index is 0.557. The van der Waals surface area contributed by atoms with Crippen LogP contribution in [-0.4, -0.2) is 67.0 Å². The fourth-order valence-electron chi connectivity index (χ4n) is 6.47. The molecule has 186 valence electrons. The summed E-state index contributed by atoms with van der Waals surface area (Å²) in [6, 6.07) is 13.6. The second-order valence-corrected chi connectivity index (χ2v) is 10.6. The van der Waals surface area contributed by atoms with Crippen molar-refractivity contribution in [2.45, 2.75) is 50.6 Å². The number of anilines is 1. The minimum Gasteiger partial charge on any atom is -0.477 e. The molecule has 7 nitrogen and oxygen atoms in total. The first-order chi connectivity index (χ1) is 17.3. The Balaban J connectivity index is 0.987. The summed E-state index contributed by atoms with van der Waals surface area (Å²) < 4.78 is 11.7. The van der Waals surface area contributed by atoms with Gasteiger partial charge in [-0.2, -0.15) is 0 Å². The van der Waals surface area contributed by atoms with Gasteiger partial charge in [0.15, 0.2) is 11.4 Å². The van der Waals surface area contributed by atoms with Gasteiger partial charge < -0.3 is 19.5 Å². The zero-order valence-corrected chi connectivity index (χ0v) is 20.7. The monoisotopic (exact) mass is 475 g/mol. The SMILES string of the molecule is CNC1CCCC1Cc1ccc(OCC2CCC3CN(c4noc5ccccc45)CCN3C2)nc1. The summed E-state index contributed by atoms with van der Waals surface area (Å²) in [5.74, 6) is 3.04. The van der Waals surface area contributed by atoms with Gasteiger partial charge in [-0.3, -0.25) is 4.90 Å². The summed E-state index contributed by atoms with van der Waals surface area (Å²) >= 11 is 0. The number of para-hydroxylation sites is 1. The highest BCUT2D eigenvalue weighted by molar-refractivity contribution is 5.88. The molecule has 3 fully saturated rings. The first-order valence-corrected chi connectivity index (χ1v) is 13.3. The summed E-state index contributed by atoms with van der Waals surface area (Å²) in [7, 11) is 2.09. The van der Waals surface area contributed by atoms with Gasteiger partial charge in [-0.05, 0) is 62.8 Å². The maximum atomic E-state index is 6.14. The molecule has 3 aliphatic rings. The molecule has 4 atom stereocenters. The molecule has 1 N–H and O–H groups in total. The Hall–Kier alpha value is -2.64. The van der Waals surface area contributed by atoms with Gasteiger partial charge in [-0.15, -0.1) is 0 Å². The lowest BCUT2D eigenvalue weighted by molar-refractivity contribution is 0.0717. The molecule has 1 aliphatic carbocycles. The van der Waals surface area contributed by atoms with E-state index < -0.39 is 0 Å². The lowest BCUT2D eigenvalue weighted by Crippen LogP contribution is -2.57. The Morgan fingerprint density at radius 2 is 2.00 bits per heavy atom. The lowest BCUT2D eigenvalue weighted by atomic mass is 9.91. The van der Waals surface area contributed by atoms with Crippen LogP contribution in [0.15, 0.2) is 47.1 Å². The number of nitrogens with zero attached hydrogens (tertiary/aromatic N) is 4. The molecule has 35 heavy (non-hydrogen) atoms. The van der Waals surface area contributed by atoms with E-state index in [0.717, 1.165) is 67.8 Å². The Morgan fingerprint density at radius 1 is 1.06 bits per heavy atom. The predicted octanol–water partition coefficient (Wildman–Crippen LogP) is 4.13. The van der Waals surface area contributed by atoms with Crippen molar-refractivity contribution in [3.63, 3.8) is 0 Å². The maximum Gasteiger partial charge on any atom is 0.213 e. The van der Waals surface area contributed by atoms with Crippen molar-refractivity contribution in [2.75, 3.05) is 44.7 Å². The van der Waals surface area contributed by atoms with Crippen LogP contribution in [0.4, 0.5) is 5.82 Å². The molecule has 0 bridgehead atoms. The fourth-order valence-corrected chi connectivity index (χ4v) is 6.47. The van der Waals surface area contributed by atoms with Crippen LogP contribution >= 0.6 is 0 Å². The van der Waals surface area contributed by atoms with Crippen molar-refractivity contribution >= 4 is 16.8 Å². The van der Waals surface area contributed by atoms with Gasteiger partial charge in [-0.1, -0.05) is 29.8 Å². The van der Waals surface area contributed by atoms with Crippen LogP contribution in [-0.2, 0) is 6.42 Å². The van der Waals surface area contributed by atoms with Crippen molar-refractivity contribution in [3.8, 4) is 5.88 Å². The highest BCUT2D eigenvalue weighted by atomic mass is 16.5. The van der Waals surface area contributed by atoms with Crippen molar-refractivity contribution < 1.29 is 9.26 Å². The molecule has 0 radical (unpaired) electrons. The fraction of sp³-hybridized carbons (Fsp3) is 0.571. The van der Waals surface area contributed by atoms with Crippen LogP contribution in [0.2, 0.25) is 0 Å². The van der Waals surface area contributed by atoms with E-state index in [1.807, 2.05) is 18.3 Å².